The van der Waals surface area contributed by atoms with Crippen LogP contribution in [0.1, 0.15) is 26.2 Å². The number of hydrogen-bond donors (Lipinski definition) is 3. The molecule has 0 spiro atoms. The predicted octanol–water partition coefficient (Wildman–Crippen LogP) is -0.963. The monoisotopic (exact) mass is 203 g/mol. The van der Waals surface area contributed by atoms with Gasteiger partial charge in [0.05, 0.1) is 6.04 Å². The van der Waals surface area contributed by atoms with Gasteiger partial charge in [0.15, 0.2) is 6.61 Å². The van der Waals surface area contributed by atoms with Crippen molar-refractivity contribution in [3.63, 3.8) is 0 Å². The maximum atomic E-state index is 11.1. The van der Waals surface area contributed by atoms with Gasteiger partial charge in [0, 0.05) is 0 Å². The van der Waals surface area contributed by atoms with E-state index in [-0.39, 0.29) is 6.61 Å². The molecule has 0 aliphatic carbocycles. The van der Waals surface area contributed by atoms with Crippen molar-refractivity contribution in [1.82, 2.24) is 5.48 Å². The highest BCUT2D eigenvalue weighted by atomic mass is 16.7. The normalized spacial score (nSPS) is 12.1. The van der Waals surface area contributed by atoms with Crippen molar-refractivity contribution in [3.8, 4) is 0 Å². The van der Waals surface area contributed by atoms with Gasteiger partial charge in [-0.05, 0) is 6.42 Å². The number of rotatable bonds is 7. The van der Waals surface area contributed by atoms with E-state index in [9.17, 15) is 9.59 Å². The number of carbonyl (C=O) groups is 2. The van der Waals surface area contributed by atoms with Gasteiger partial charge in [0.1, 0.15) is 0 Å². The number of amides is 2. The summed E-state index contributed by atoms with van der Waals surface area (Å²) in [6.07, 6.45) is 2.45. The van der Waals surface area contributed by atoms with Gasteiger partial charge in [-0.15, -0.1) is 0 Å². The van der Waals surface area contributed by atoms with Crippen molar-refractivity contribution < 1.29 is 14.4 Å². The van der Waals surface area contributed by atoms with E-state index in [2.05, 4.69) is 10.3 Å². The molecule has 0 aromatic heterocycles. The number of hydroxylamine groups is 1. The minimum Gasteiger partial charge on any atom is -0.368 e. The summed E-state index contributed by atoms with van der Waals surface area (Å²) in [5, 5.41) is 0. The fraction of sp³-hybridized carbons (Fsp3) is 0.750. The Hall–Kier alpha value is -1.14. The van der Waals surface area contributed by atoms with Crippen LogP contribution in [0.3, 0.4) is 0 Å². The number of nitrogens with two attached hydrogens (primary N) is 2. The lowest BCUT2D eigenvalue weighted by Crippen LogP contribution is -2.41. The molecule has 0 aromatic carbocycles. The molecule has 1 unspecified atom stereocenters. The lowest BCUT2D eigenvalue weighted by Gasteiger charge is -2.10. The third-order valence-electron chi connectivity index (χ3n) is 1.59. The van der Waals surface area contributed by atoms with Crippen molar-refractivity contribution in [2.24, 2.45) is 11.5 Å². The number of primary amides is 1. The molecule has 0 fully saturated rings. The molecule has 0 radical (unpaired) electrons. The first-order chi connectivity index (χ1) is 6.57. The van der Waals surface area contributed by atoms with E-state index in [1.54, 1.807) is 0 Å². The molecule has 0 bridgehead atoms. The van der Waals surface area contributed by atoms with Crippen molar-refractivity contribution in [3.05, 3.63) is 0 Å². The highest BCUT2D eigenvalue weighted by Crippen LogP contribution is 1.97. The molecule has 0 saturated carbocycles. The van der Waals surface area contributed by atoms with Crippen LogP contribution in [-0.2, 0) is 14.4 Å². The SMILES string of the molecule is CCCCC(N)C(=O)NOCC(N)=O. The van der Waals surface area contributed by atoms with Crippen LogP contribution >= 0.6 is 0 Å². The largest absolute Gasteiger partial charge is 0.368 e. The molecule has 6 nitrogen and oxygen atoms in total. The quantitative estimate of drug-likeness (QED) is 0.463. The summed E-state index contributed by atoms with van der Waals surface area (Å²) < 4.78 is 0. The summed E-state index contributed by atoms with van der Waals surface area (Å²) in [6, 6.07) is -0.595. The van der Waals surface area contributed by atoms with Crippen LogP contribution in [0, 0.1) is 0 Å². The molecule has 82 valence electrons. The second-order valence-electron chi connectivity index (χ2n) is 2.97. The van der Waals surface area contributed by atoms with Gasteiger partial charge in [0.2, 0.25) is 5.91 Å². The first-order valence-corrected chi connectivity index (χ1v) is 4.53. The minimum atomic E-state index is -0.646. The van der Waals surface area contributed by atoms with Crippen molar-refractivity contribution in [1.29, 1.82) is 0 Å². The molecule has 6 heteroatoms. The molecule has 0 heterocycles. The van der Waals surface area contributed by atoms with Gasteiger partial charge < -0.3 is 11.5 Å². The molecular weight excluding hydrogens is 186 g/mol. The Balaban J connectivity index is 3.56. The number of nitrogens with one attached hydrogen (secondary N) is 1. The highest BCUT2D eigenvalue weighted by Gasteiger charge is 2.12. The van der Waals surface area contributed by atoms with Gasteiger partial charge in [-0.2, -0.15) is 0 Å². The Morgan fingerprint density at radius 1 is 1.50 bits per heavy atom. The predicted molar refractivity (Wildman–Crippen MR) is 50.8 cm³/mol. The van der Waals surface area contributed by atoms with E-state index in [1.165, 1.54) is 0 Å². The van der Waals surface area contributed by atoms with E-state index < -0.39 is 17.9 Å². The molecule has 2 amide bonds. The third-order valence-corrected chi connectivity index (χ3v) is 1.59. The van der Waals surface area contributed by atoms with Gasteiger partial charge in [-0.3, -0.25) is 14.4 Å². The van der Waals surface area contributed by atoms with Gasteiger partial charge in [-0.25, -0.2) is 5.48 Å². The van der Waals surface area contributed by atoms with Crippen molar-refractivity contribution in [2.45, 2.75) is 32.2 Å². The van der Waals surface area contributed by atoms with Gasteiger partial charge in [0.25, 0.3) is 5.91 Å². The Kier molecular flexibility index (Phi) is 6.69. The topological polar surface area (TPSA) is 107 Å². The zero-order valence-corrected chi connectivity index (χ0v) is 8.29. The van der Waals surface area contributed by atoms with E-state index in [0.29, 0.717) is 6.42 Å². The summed E-state index contributed by atoms with van der Waals surface area (Å²) >= 11 is 0. The second-order valence-corrected chi connectivity index (χ2v) is 2.97. The fourth-order valence-electron chi connectivity index (χ4n) is 0.809. The van der Waals surface area contributed by atoms with Crippen LogP contribution in [-0.4, -0.2) is 24.5 Å². The fourth-order valence-corrected chi connectivity index (χ4v) is 0.809. The maximum Gasteiger partial charge on any atom is 0.260 e. The van der Waals surface area contributed by atoms with E-state index >= 15 is 0 Å². The number of carbonyl (C=O) groups excluding carboxylic acids is 2. The highest BCUT2D eigenvalue weighted by molar-refractivity contribution is 5.81. The molecule has 1 atom stereocenters. The average Bonchev–Trinajstić information content (AvgIpc) is 2.13. The standard InChI is InChI=1S/C8H17N3O3/c1-2-3-4-6(9)8(13)11-14-5-7(10)12/h6H,2-5,9H2,1H3,(H2,10,12)(H,11,13). The minimum absolute atomic E-state index is 0.341. The first-order valence-electron chi connectivity index (χ1n) is 4.53. The van der Waals surface area contributed by atoms with E-state index in [0.717, 1.165) is 12.8 Å². The number of unbranched alkanes of at least 4 members (excludes halogenated alkanes) is 1. The van der Waals surface area contributed by atoms with Crippen molar-refractivity contribution >= 4 is 11.8 Å². The van der Waals surface area contributed by atoms with Crippen LogP contribution in [0.4, 0.5) is 0 Å². The first kappa shape index (κ1) is 12.9. The van der Waals surface area contributed by atoms with Crippen molar-refractivity contribution in [2.75, 3.05) is 6.61 Å². The second kappa shape index (κ2) is 7.28. The maximum absolute atomic E-state index is 11.1. The Morgan fingerprint density at radius 3 is 2.64 bits per heavy atom. The molecule has 0 saturated heterocycles. The summed E-state index contributed by atoms with van der Waals surface area (Å²) in [6.45, 7) is 1.67. The van der Waals surface area contributed by atoms with Gasteiger partial charge >= 0.3 is 0 Å². The Bertz CT molecular complexity index is 196. The third kappa shape index (κ3) is 6.38. The zero-order valence-electron chi connectivity index (χ0n) is 8.29. The summed E-state index contributed by atoms with van der Waals surface area (Å²) in [5.74, 6) is -1.08. The van der Waals surface area contributed by atoms with E-state index in [1.807, 2.05) is 6.92 Å². The van der Waals surface area contributed by atoms with E-state index in [4.69, 9.17) is 11.5 Å². The molecule has 5 N–H and O–H groups in total. The summed E-state index contributed by atoms with van der Waals surface area (Å²) in [5.41, 5.74) is 12.4. The summed E-state index contributed by atoms with van der Waals surface area (Å²) in [7, 11) is 0. The Labute approximate surface area is 82.9 Å². The van der Waals surface area contributed by atoms with Crippen LogP contribution in [0.25, 0.3) is 0 Å². The molecule has 0 aliphatic rings. The molecule has 0 aromatic rings. The molecule has 14 heavy (non-hydrogen) atoms. The summed E-state index contributed by atoms with van der Waals surface area (Å²) in [4.78, 5) is 25.9. The van der Waals surface area contributed by atoms with Crippen LogP contribution < -0.4 is 16.9 Å². The molecular formula is C8H17N3O3. The Morgan fingerprint density at radius 2 is 2.14 bits per heavy atom. The van der Waals surface area contributed by atoms with Crippen LogP contribution in [0.15, 0.2) is 0 Å². The lowest BCUT2D eigenvalue weighted by molar-refractivity contribution is -0.139. The van der Waals surface area contributed by atoms with Crippen LogP contribution in [0.2, 0.25) is 0 Å². The lowest BCUT2D eigenvalue weighted by atomic mass is 10.1. The zero-order chi connectivity index (χ0) is 11.0. The molecule has 0 rings (SSSR count). The average molecular weight is 203 g/mol. The van der Waals surface area contributed by atoms with Crippen LogP contribution in [0.5, 0.6) is 0 Å². The smallest absolute Gasteiger partial charge is 0.260 e. The van der Waals surface area contributed by atoms with Gasteiger partial charge in [-0.1, -0.05) is 19.8 Å². The number of hydrogen-bond acceptors (Lipinski definition) is 4. The molecule has 0 aliphatic heterocycles.